The SMILES string of the molecule is C[B]c1cc(C)c(C#Cc2cc(F)c(C#Cc3ccc(C)cc3)c(F)c2)c(C)c1. The van der Waals surface area contributed by atoms with Crippen LogP contribution in [0.2, 0.25) is 6.82 Å². The molecule has 0 atom stereocenters. The lowest BCUT2D eigenvalue weighted by Gasteiger charge is -2.06. The van der Waals surface area contributed by atoms with Crippen LogP contribution in [0, 0.1) is 56.1 Å². The summed E-state index contributed by atoms with van der Waals surface area (Å²) in [6, 6.07) is 14.0. The standard InChI is InChI=1S/C26H20BF2/c1-17-5-7-20(8-6-17)9-12-24-25(28)15-21(16-26(24)29)10-11-23-18(2)13-22(27-4)14-19(23)3/h5-8,13-16H,1-4H3. The molecule has 29 heavy (non-hydrogen) atoms. The van der Waals surface area contributed by atoms with Crippen molar-refractivity contribution in [1.29, 1.82) is 0 Å². The van der Waals surface area contributed by atoms with Crippen LogP contribution in [0.15, 0.2) is 48.5 Å². The topological polar surface area (TPSA) is 0 Å². The number of benzene rings is 3. The van der Waals surface area contributed by atoms with Crippen molar-refractivity contribution in [3.8, 4) is 23.7 Å². The maximum atomic E-state index is 14.4. The third-order valence-electron chi connectivity index (χ3n) is 4.65. The van der Waals surface area contributed by atoms with Gasteiger partial charge in [-0.15, -0.1) is 0 Å². The van der Waals surface area contributed by atoms with Crippen LogP contribution >= 0.6 is 0 Å². The van der Waals surface area contributed by atoms with Crippen molar-refractivity contribution in [3.63, 3.8) is 0 Å². The Hall–Kier alpha value is -3.30. The molecule has 0 saturated heterocycles. The Morgan fingerprint density at radius 3 is 1.72 bits per heavy atom. The van der Waals surface area contributed by atoms with Crippen molar-refractivity contribution in [1.82, 2.24) is 0 Å². The molecule has 3 heteroatoms. The molecule has 0 nitrogen and oxygen atoms in total. The molecule has 0 aliphatic heterocycles. The predicted molar refractivity (Wildman–Crippen MR) is 117 cm³/mol. The van der Waals surface area contributed by atoms with E-state index < -0.39 is 11.6 Å². The third kappa shape index (κ3) is 4.95. The van der Waals surface area contributed by atoms with E-state index in [0.717, 1.165) is 27.7 Å². The average molecular weight is 381 g/mol. The average Bonchev–Trinajstić information content (AvgIpc) is 2.68. The van der Waals surface area contributed by atoms with Crippen molar-refractivity contribution < 1.29 is 8.78 Å². The maximum Gasteiger partial charge on any atom is 0.148 e. The Balaban J connectivity index is 1.92. The van der Waals surface area contributed by atoms with Gasteiger partial charge in [-0.1, -0.05) is 65.8 Å². The largest absolute Gasteiger partial charge is 0.205 e. The van der Waals surface area contributed by atoms with Crippen molar-refractivity contribution in [2.24, 2.45) is 0 Å². The number of aryl methyl sites for hydroxylation is 3. The molecule has 1 radical (unpaired) electrons. The van der Waals surface area contributed by atoms with Crippen LogP contribution in [-0.4, -0.2) is 7.28 Å². The first-order valence-corrected chi connectivity index (χ1v) is 9.37. The van der Waals surface area contributed by atoms with Gasteiger partial charge in [0.1, 0.15) is 18.9 Å². The summed E-state index contributed by atoms with van der Waals surface area (Å²) in [4.78, 5) is 0. The molecule has 0 heterocycles. The van der Waals surface area contributed by atoms with Crippen molar-refractivity contribution in [2.75, 3.05) is 0 Å². The van der Waals surface area contributed by atoms with E-state index in [1.54, 1.807) is 0 Å². The predicted octanol–water partition coefficient (Wildman–Crippen LogP) is 5.07. The van der Waals surface area contributed by atoms with Gasteiger partial charge in [0.15, 0.2) is 0 Å². The third-order valence-corrected chi connectivity index (χ3v) is 4.65. The molecular formula is C26H20BF2. The normalized spacial score (nSPS) is 9.86. The summed E-state index contributed by atoms with van der Waals surface area (Å²) in [7, 11) is 2.03. The van der Waals surface area contributed by atoms with Crippen molar-refractivity contribution in [2.45, 2.75) is 27.6 Å². The minimum Gasteiger partial charge on any atom is -0.205 e. The molecule has 0 unspecified atom stereocenters. The van der Waals surface area contributed by atoms with Crippen molar-refractivity contribution >= 4 is 12.7 Å². The van der Waals surface area contributed by atoms with Gasteiger partial charge in [0, 0.05) is 16.7 Å². The monoisotopic (exact) mass is 381 g/mol. The lowest BCUT2D eigenvalue weighted by atomic mass is 9.72. The first kappa shape index (κ1) is 20.4. The zero-order valence-corrected chi connectivity index (χ0v) is 17.0. The zero-order chi connectivity index (χ0) is 21.0. The van der Waals surface area contributed by atoms with Gasteiger partial charge >= 0.3 is 0 Å². The minimum atomic E-state index is -0.710. The second-order valence-corrected chi connectivity index (χ2v) is 7.00. The highest BCUT2D eigenvalue weighted by atomic mass is 19.1. The summed E-state index contributed by atoms with van der Waals surface area (Å²) in [6.45, 7) is 7.91. The molecule has 3 aromatic carbocycles. The van der Waals surface area contributed by atoms with Gasteiger partial charge in [0.25, 0.3) is 0 Å². The van der Waals surface area contributed by atoms with Crippen LogP contribution < -0.4 is 5.46 Å². The summed E-state index contributed by atoms with van der Waals surface area (Å²) in [5.41, 5.74) is 5.91. The van der Waals surface area contributed by atoms with E-state index in [1.165, 1.54) is 12.1 Å². The molecule has 0 aliphatic carbocycles. The van der Waals surface area contributed by atoms with Crippen LogP contribution in [0.25, 0.3) is 0 Å². The smallest absolute Gasteiger partial charge is 0.148 e. The maximum absolute atomic E-state index is 14.4. The Morgan fingerprint density at radius 2 is 1.17 bits per heavy atom. The lowest BCUT2D eigenvalue weighted by molar-refractivity contribution is 0.577. The summed E-state index contributed by atoms with van der Waals surface area (Å²) in [5, 5.41) is 0. The molecule has 3 aromatic rings. The molecule has 0 amide bonds. The number of hydrogen-bond acceptors (Lipinski definition) is 0. The first-order chi connectivity index (χ1) is 13.9. The van der Waals surface area contributed by atoms with E-state index in [1.807, 2.05) is 71.3 Å². The number of rotatable bonds is 1. The molecule has 0 aromatic heterocycles. The molecule has 0 aliphatic rings. The van der Waals surface area contributed by atoms with Crippen LogP contribution in [0.1, 0.15) is 38.9 Å². The van der Waals surface area contributed by atoms with Crippen LogP contribution in [0.5, 0.6) is 0 Å². The van der Waals surface area contributed by atoms with Gasteiger partial charge in [0.05, 0.1) is 5.56 Å². The van der Waals surface area contributed by atoms with Gasteiger partial charge < -0.3 is 0 Å². The van der Waals surface area contributed by atoms with E-state index in [9.17, 15) is 8.78 Å². The quantitative estimate of drug-likeness (QED) is 0.408. The highest BCUT2D eigenvalue weighted by molar-refractivity contribution is 6.52. The fourth-order valence-electron chi connectivity index (χ4n) is 3.03. The van der Waals surface area contributed by atoms with Gasteiger partial charge in [-0.3, -0.25) is 0 Å². The van der Waals surface area contributed by atoms with E-state index in [0.29, 0.717) is 5.56 Å². The molecule has 0 fully saturated rings. The molecule has 0 N–H and O–H groups in total. The first-order valence-electron chi connectivity index (χ1n) is 9.37. The molecule has 0 spiro atoms. The van der Waals surface area contributed by atoms with Gasteiger partial charge in [0.2, 0.25) is 0 Å². The Kier molecular flexibility index (Phi) is 6.21. The lowest BCUT2D eigenvalue weighted by Crippen LogP contribution is -2.12. The van der Waals surface area contributed by atoms with Gasteiger partial charge in [-0.25, -0.2) is 8.78 Å². The second-order valence-electron chi connectivity index (χ2n) is 7.00. The Bertz CT molecular complexity index is 1140. The molecule has 3 rings (SSSR count). The zero-order valence-electron chi connectivity index (χ0n) is 17.0. The molecule has 141 valence electrons. The highest BCUT2D eigenvalue weighted by Gasteiger charge is 2.09. The molecule has 0 saturated carbocycles. The Labute approximate surface area is 172 Å². The van der Waals surface area contributed by atoms with E-state index in [2.05, 4.69) is 23.7 Å². The minimum absolute atomic E-state index is 0.244. The van der Waals surface area contributed by atoms with E-state index in [-0.39, 0.29) is 11.1 Å². The van der Waals surface area contributed by atoms with Gasteiger partial charge in [-0.2, -0.15) is 0 Å². The summed E-state index contributed by atoms with van der Waals surface area (Å²) in [5.74, 6) is 9.91. The van der Waals surface area contributed by atoms with Crippen LogP contribution in [0.3, 0.4) is 0 Å². The number of halogens is 2. The summed E-state index contributed by atoms with van der Waals surface area (Å²) < 4.78 is 28.9. The second kappa shape index (κ2) is 8.81. The fraction of sp³-hybridized carbons (Fsp3) is 0.154. The Morgan fingerprint density at radius 1 is 0.655 bits per heavy atom. The van der Waals surface area contributed by atoms with E-state index >= 15 is 0 Å². The summed E-state index contributed by atoms with van der Waals surface area (Å²) >= 11 is 0. The summed E-state index contributed by atoms with van der Waals surface area (Å²) in [6.07, 6.45) is 0. The van der Waals surface area contributed by atoms with Crippen molar-refractivity contribution in [3.05, 3.63) is 99.1 Å². The molecule has 0 bridgehead atoms. The van der Waals surface area contributed by atoms with Gasteiger partial charge in [-0.05, 0) is 56.2 Å². The van der Waals surface area contributed by atoms with Crippen LogP contribution in [-0.2, 0) is 0 Å². The van der Waals surface area contributed by atoms with E-state index in [4.69, 9.17) is 0 Å². The van der Waals surface area contributed by atoms with Crippen LogP contribution in [0.4, 0.5) is 8.78 Å². The highest BCUT2D eigenvalue weighted by Crippen LogP contribution is 2.16. The number of hydrogen-bond donors (Lipinski definition) is 0. The fourth-order valence-corrected chi connectivity index (χ4v) is 3.03. The molecular weight excluding hydrogens is 361 g/mol.